The first-order valence-electron chi connectivity index (χ1n) is 27.8. The summed E-state index contributed by atoms with van der Waals surface area (Å²) in [6, 6.07) is 8.97. The lowest BCUT2D eigenvalue weighted by atomic mass is 9.94. The van der Waals surface area contributed by atoms with Crippen LogP contribution in [0, 0.1) is 29.6 Å². The molecule has 19 heteroatoms. The SMILES string of the molecule is CCC(C)[C@H]1OC(=O)[C@H](C(C)(C)O)N(C)C(=O)[C@H](CC(C)C)NC(=O)[C@H](C(C)C)OC(=O)[C@H]([C@H](C)CC)NC(=O)[C@@H]2CCCN2C(=O)[C@H](Cc2ccccc2)N(C)C(=O)[C@H](Cc2ccccc2)NC(=O)[C@H](C(C)C)N(C)C1=O. The van der Waals surface area contributed by atoms with E-state index in [1.807, 2.05) is 57.2 Å². The lowest BCUT2D eigenvalue weighted by molar-refractivity contribution is -0.177. The predicted octanol–water partition coefficient (Wildman–Crippen LogP) is 4.46. The van der Waals surface area contributed by atoms with Crippen LogP contribution in [0.2, 0.25) is 0 Å². The maximum absolute atomic E-state index is 15.2. The Hall–Kier alpha value is -6.37. The van der Waals surface area contributed by atoms with Crippen LogP contribution in [0.4, 0.5) is 0 Å². The molecule has 7 amide bonds. The molecule has 0 spiro atoms. The molecule has 0 aliphatic carbocycles. The number of benzene rings is 2. The molecule has 4 rings (SSSR count). The summed E-state index contributed by atoms with van der Waals surface area (Å²) >= 11 is 0. The van der Waals surface area contributed by atoms with Crippen molar-refractivity contribution in [2.45, 2.75) is 188 Å². The summed E-state index contributed by atoms with van der Waals surface area (Å²) in [5, 5.41) is 20.2. The molecule has 2 aliphatic heterocycles. The molecule has 19 nitrogen and oxygen atoms in total. The van der Waals surface area contributed by atoms with Crippen LogP contribution in [0.25, 0.3) is 0 Å². The molecule has 2 heterocycles. The maximum Gasteiger partial charge on any atom is 0.332 e. The van der Waals surface area contributed by atoms with E-state index in [1.165, 1.54) is 49.7 Å². The Kier molecular flexibility index (Phi) is 23.4. The highest BCUT2D eigenvalue weighted by atomic mass is 16.6. The Morgan fingerprint density at radius 3 is 1.63 bits per heavy atom. The zero-order valence-electron chi connectivity index (χ0n) is 48.7. The number of nitrogens with zero attached hydrogens (tertiary/aromatic N) is 4. The van der Waals surface area contributed by atoms with Gasteiger partial charge in [0.15, 0.2) is 18.2 Å². The van der Waals surface area contributed by atoms with Crippen molar-refractivity contribution in [2.24, 2.45) is 29.6 Å². The molecule has 432 valence electrons. The van der Waals surface area contributed by atoms with Crippen LogP contribution in [0.5, 0.6) is 0 Å². The highest BCUT2D eigenvalue weighted by Crippen LogP contribution is 2.27. The second-order valence-electron chi connectivity index (χ2n) is 23.1. The third-order valence-corrected chi connectivity index (χ3v) is 15.2. The standard InChI is InChI=1S/C59H89N7O12/c1-16-37(9)45-57(74)77-47(36(7)8)52(69)61-41(31-34(3)4)54(71)65(15)49(59(11,12)76)58(75)78-48(38(10)17-2)56(73)64(14)46(35(5)6)51(68)60-42(32-39-25-20-18-21-26-39)53(70)63(13)44(33-40-27-22-19-23-28-40)55(72)66-30-24-29-43(66)50(67)62-45/h18-23,25-28,34-38,41-49,76H,16-17,24,29-33H2,1-15H3,(H,60,68)(H,61,69)(H,62,67)/t37-,38?,41+,42+,43+,44+,45+,46+,47+,48-,49-/m1/s1. The van der Waals surface area contributed by atoms with Crippen molar-refractivity contribution in [1.82, 2.24) is 35.6 Å². The van der Waals surface area contributed by atoms with Gasteiger partial charge in [0.05, 0.1) is 5.60 Å². The van der Waals surface area contributed by atoms with Gasteiger partial charge in [0.25, 0.3) is 11.8 Å². The average molecular weight is 1090 g/mol. The third kappa shape index (κ3) is 16.3. The fourth-order valence-corrected chi connectivity index (χ4v) is 10.4. The summed E-state index contributed by atoms with van der Waals surface area (Å²) in [5.74, 6) is -9.50. The smallest absolute Gasteiger partial charge is 0.332 e. The van der Waals surface area contributed by atoms with E-state index in [4.69, 9.17) is 9.47 Å². The van der Waals surface area contributed by atoms with Crippen molar-refractivity contribution in [1.29, 1.82) is 0 Å². The topological polar surface area (TPSA) is 241 Å². The lowest BCUT2D eigenvalue weighted by Crippen LogP contribution is -2.62. The predicted molar refractivity (Wildman–Crippen MR) is 295 cm³/mol. The highest BCUT2D eigenvalue weighted by Gasteiger charge is 2.48. The van der Waals surface area contributed by atoms with Crippen molar-refractivity contribution >= 4 is 53.3 Å². The molecule has 4 N–H and O–H groups in total. The van der Waals surface area contributed by atoms with E-state index in [-0.39, 0.29) is 38.1 Å². The number of rotatable bonds is 13. The van der Waals surface area contributed by atoms with Crippen molar-refractivity contribution in [3.05, 3.63) is 71.8 Å². The Bertz CT molecular complexity index is 2390. The fraction of sp³-hybridized carbons (Fsp3) is 0.644. The minimum Gasteiger partial charge on any atom is -0.450 e. The minimum atomic E-state index is -1.98. The Morgan fingerprint density at radius 1 is 0.590 bits per heavy atom. The second kappa shape index (κ2) is 28.5. The summed E-state index contributed by atoms with van der Waals surface area (Å²) in [4.78, 5) is 138. The molecular weight excluding hydrogens is 999 g/mol. The second-order valence-corrected chi connectivity index (χ2v) is 23.1. The molecule has 0 bridgehead atoms. The number of hydrogen-bond acceptors (Lipinski definition) is 12. The quantitative estimate of drug-likeness (QED) is 0.204. The largest absolute Gasteiger partial charge is 0.450 e. The van der Waals surface area contributed by atoms with Gasteiger partial charge in [-0.1, -0.05) is 136 Å². The molecule has 2 aliphatic rings. The van der Waals surface area contributed by atoms with Gasteiger partial charge in [0, 0.05) is 46.4 Å². The Labute approximate surface area is 462 Å². The van der Waals surface area contributed by atoms with E-state index in [9.17, 15) is 38.7 Å². The summed E-state index contributed by atoms with van der Waals surface area (Å²) in [5.41, 5.74) is -0.579. The van der Waals surface area contributed by atoms with Gasteiger partial charge in [0.2, 0.25) is 29.5 Å². The monoisotopic (exact) mass is 1090 g/mol. The number of hydrogen-bond donors (Lipinski definition) is 4. The molecule has 2 aromatic rings. The first kappa shape index (κ1) is 64.2. The van der Waals surface area contributed by atoms with Crippen molar-refractivity contribution < 1.29 is 57.7 Å². The van der Waals surface area contributed by atoms with Crippen LogP contribution in [-0.2, 0) is 65.5 Å². The van der Waals surface area contributed by atoms with Gasteiger partial charge in [-0.3, -0.25) is 33.6 Å². The first-order chi connectivity index (χ1) is 36.5. The molecule has 1 unspecified atom stereocenters. The normalized spacial score (nSPS) is 26.6. The number of esters is 2. The van der Waals surface area contributed by atoms with Crippen LogP contribution >= 0.6 is 0 Å². The lowest BCUT2D eigenvalue weighted by Gasteiger charge is -2.39. The third-order valence-electron chi connectivity index (χ3n) is 15.2. The maximum atomic E-state index is 15.2. The number of aliphatic hydroxyl groups is 1. The molecule has 0 saturated carbocycles. The van der Waals surface area contributed by atoms with Gasteiger partial charge < -0.3 is 50.1 Å². The molecule has 2 aromatic carbocycles. The van der Waals surface area contributed by atoms with Crippen LogP contribution in [0.1, 0.15) is 126 Å². The molecule has 2 saturated heterocycles. The summed E-state index contributed by atoms with van der Waals surface area (Å²) in [7, 11) is 4.16. The number of fused-ring (bicyclic) bond motifs is 1. The van der Waals surface area contributed by atoms with Crippen LogP contribution in [0.15, 0.2) is 60.7 Å². The number of carbonyl (C=O) groups is 9. The van der Waals surface area contributed by atoms with Gasteiger partial charge in [-0.15, -0.1) is 0 Å². The summed E-state index contributed by atoms with van der Waals surface area (Å²) in [6.07, 6.45) is -1.52. The number of amides is 7. The highest BCUT2D eigenvalue weighted by molar-refractivity contribution is 5.98. The summed E-state index contributed by atoms with van der Waals surface area (Å²) in [6.45, 7) is 20.2. The molecule has 0 radical (unpaired) electrons. The number of carbonyl (C=O) groups excluding carboxylic acids is 9. The Morgan fingerprint density at radius 2 is 1.12 bits per heavy atom. The number of nitrogens with one attached hydrogen (secondary N) is 3. The Balaban J connectivity index is 1.95. The van der Waals surface area contributed by atoms with Crippen molar-refractivity contribution in [2.75, 3.05) is 27.7 Å². The minimum absolute atomic E-state index is 0.0131. The molecule has 78 heavy (non-hydrogen) atoms. The zero-order valence-corrected chi connectivity index (χ0v) is 48.7. The van der Waals surface area contributed by atoms with Crippen molar-refractivity contribution in [3.63, 3.8) is 0 Å². The fourth-order valence-electron chi connectivity index (χ4n) is 10.4. The molecule has 11 atom stereocenters. The first-order valence-corrected chi connectivity index (χ1v) is 27.8. The van der Waals surface area contributed by atoms with Gasteiger partial charge in [-0.25, -0.2) is 9.59 Å². The van der Waals surface area contributed by atoms with Gasteiger partial charge >= 0.3 is 11.9 Å². The van der Waals surface area contributed by atoms with E-state index in [0.29, 0.717) is 24.8 Å². The van der Waals surface area contributed by atoms with E-state index in [1.54, 1.807) is 72.7 Å². The van der Waals surface area contributed by atoms with Crippen LogP contribution < -0.4 is 16.0 Å². The number of cyclic esters (lactones) is 2. The van der Waals surface area contributed by atoms with E-state index in [0.717, 1.165) is 10.5 Å². The number of likely N-dealkylation sites (N-methyl/N-ethyl adjacent to an activating group) is 3. The van der Waals surface area contributed by atoms with Gasteiger partial charge in [-0.05, 0) is 74.3 Å². The average Bonchev–Trinajstić information content (AvgIpc) is 3.89. The molecular formula is C59H89N7O12. The van der Waals surface area contributed by atoms with Crippen LogP contribution in [0.3, 0.4) is 0 Å². The van der Waals surface area contributed by atoms with Gasteiger partial charge in [0.1, 0.15) is 36.3 Å². The van der Waals surface area contributed by atoms with E-state index >= 15 is 9.59 Å². The van der Waals surface area contributed by atoms with Crippen molar-refractivity contribution in [3.8, 4) is 0 Å². The van der Waals surface area contributed by atoms with Crippen LogP contribution in [-0.4, -0.2) is 166 Å². The molecule has 2 fully saturated rings. The molecule has 0 aromatic heterocycles. The van der Waals surface area contributed by atoms with E-state index < -0.39 is 137 Å². The van der Waals surface area contributed by atoms with E-state index in [2.05, 4.69) is 16.0 Å². The summed E-state index contributed by atoms with van der Waals surface area (Å²) < 4.78 is 12.0. The number of ether oxygens (including phenoxy) is 2. The zero-order chi connectivity index (χ0) is 58.5. The van der Waals surface area contributed by atoms with Gasteiger partial charge in [-0.2, -0.15) is 0 Å².